The maximum absolute atomic E-state index is 13.1. The lowest BCUT2D eigenvalue weighted by Gasteiger charge is -2.28. The van der Waals surface area contributed by atoms with Gasteiger partial charge in [-0.2, -0.15) is 13.2 Å². The van der Waals surface area contributed by atoms with Crippen LogP contribution >= 0.6 is 22.9 Å². The van der Waals surface area contributed by atoms with E-state index in [9.17, 15) is 22.8 Å². The quantitative estimate of drug-likeness (QED) is 0.394. The summed E-state index contributed by atoms with van der Waals surface area (Å²) in [6.07, 6.45) is -4.03. The fourth-order valence-corrected chi connectivity index (χ4v) is 4.01. The monoisotopic (exact) mass is 510 g/mol. The van der Waals surface area contributed by atoms with Gasteiger partial charge >= 0.3 is 6.18 Å². The number of rotatable bonds is 8. The van der Waals surface area contributed by atoms with Crippen LogP contribution in [0.1, 0.15) is 42.6 Å². The highest BCUT2D eigenvalue weighted by Gasteiger charge is 2.31. The Morgan fingerprint density at radius 1 is 1.15 bits per heavy atom. The third-order valence-corrected chi connectivity index (χ3v) is 6.30. The minimum atomic E-state index is -4.55. The summed E-state index contributed by atoms with van der Waals surface area (Å²) in [5.41, 5.74) is -0.169. The van der Waals surface area contributed by atoms with Crippen molar-refractivity contribution in [2.45, 2.75) is 38.9 Å². The first-order valence-corrected chi connectivity index (χ1v) is 11.7. The van der Waals surface area contributed by atoms with Crippen molar-refractivity contribution in [2.75, 3.05) is 11.9 Å². The Hall–Kier alpha value is -2.98. The first-order valence-electron chi connectivity index (χ1n) is 10.5. The van der Waals surface area contributed by atoms with Gasteiger partial charge in [-0.25, -0.2) is 0 Å². The molecular formula is C23H22ClF3N4O2S. The molecule has 1 atom stereocenters. The second kappa shape index (κ2) is 11.0. The van der Waals surface area contributed by atoms with Gasteiger partial charge in [-0.15, -0.1) is 10.2 Å². The molecule has 0 aliphatic rings. The Kier molecular flexibility index (Phi) is 8.27. The Morgan fingerprint density at radius 2 is 1.85 bits per heavy atom. The van der Waals surface area contributed by atoms with Crippen LogP contribution in [0.25, 0.3) is 10.6 Å². The predicted molar refractivity (Wildman–Crippen MR) is 126 cm³/mol. The molecule has 0 fully saturated rings. The number of nitrogens with zero attached hydrogens (tertiary/aromatic N) is 3. The van der Waals surface area contributed by atoms with Gasteiger partial charge in [0.25, 0.3) is 5.91 Å². The average Bonchev–Trinajstić information content (AvgIpc) is 3.27. The van der Waals surface area contributed by atoms with Crippen molar-refractivity contribution >= 4 is 39.9 Å². The molecule has 2 amide bonds. The summed E-state index contributed by atoms with van der Waals surface area (Å²) < 4.78 is 39.2. The summed E-state index contributed by atoms with van der Waals surface area (Å²) in [6.45, 7) is 3.68. The highest BCUT2D eigenvalue weighted by molar-refractivity contribution is 7.18. The fraction of sp³-hybridized carbons (Fsp3) is 0.304. The van der Waals surface area contributed by atoms with Crippen molar-refractivity contribution < 1.29 is 22.8 Å². The third kappa shape index (κ3) is 6.54. The lowest BCUT2D eigenvalue weighted by molar-refractivity contribution is -0.137. The van der Waals surface area contributed by atoms with E-state index in [4.69, 9.17) is 11.6 Å². The van der Waals surface area contributed by atoms with Crippen LogP contribution in [-0.2, 0) is 11.0 Å². The number of hydrogen-bond donors (Lipinski definition) is 1. The first kappa shape index (κ1) is 25.6. The summed E-state index contributed by atoms with van der Waals surface area (Å²) in [4.78, 5) is 26.9. The molecule has 0 aliphatic carbocycles. The van der Waals surface area contributed by atoms with Crippen molar-refractivity contribution in [2.24, 2.45) is 0 Å². The van der Waals surface area contributed by atoms with Gasteiger partial charge in [0.2, 0.25) is 11.0 Å². The van der Waals surface area contributed by atoms with Crippen LogP contribution in [0.4, 0.5) is 18.3 Å². The zero-order valence-electron chi connectivity index (χ0n) is 18.4. The Bertz CT molecular complexity index is 1150. The van der Waals surface area contributed by atoms with Crippen molar-refractivity contribution in [1.82, 2.24) is 15.1 Å². The molecule has 1 N–H and O–H groups in total. The van der Waals surface area contributed by atoms with Gasteiger partial charge in [0.05, 0.1) is 5.56 Å². The summed E-state index contributed by atoms with van der Waals surface area (Å²) in [5, 5.41) is 12.2. The van der Waals surface area contributed by atoms with Crippen molar-refractivity contribution in [3.05, 3.63) is 64.7 Å². The molecule has 34 heavy (non-hydrogen) atoms. The summed E-state index contributed by atoms with van der Waals surface area (Å²) in [6, 6.07) is 11.0. The maximum atomic E-state index is 13.1. The van der Waals surface area contributed by atoms with Crippen molar-refractivity contribution in [1.29, 1.82) is 0 Å². The number of benzene rings is 2. The topological polar surface area (TPSA) is 75.2 Å². The molecule has 3 rings (SSSR count). The number of carbonyl (C=O) groups excluding carboxylic acids is 2. The second-order valence-corrected chi connectivity index (χ2v) is 8.97. The number of alkyl halides is 3. The molecule has 180 valence electrons. The molecule has 1 aromatic heterocycles. The van der Waals surface area contributed by atoms with E-state index in [1.165, 1.54) is 28.4 Å². The fourth-order valence-electron chi connectivity index (χ4n) is 3.12. The zero-order valence-corrected chi connectivity index (χ0v) is 20.0. The minimum absolute atomic E-state index is 0.0404. The minimum Gasteiger partial charge on any atom is -0.335 e. The molecular weight excluding hydrogens is 489 g/mol. The van der Waals surface area contributed by atoms with E-state index in [1.807, 2.05) is 6.92 Å². The van der Waals surface area contributed by atoms with E-state index in [-0.39, 0.29) is 30.5 Å². The number of nitrogens with one attached hydrogen (secondary N) is 1. The molecule has 6 nitrogen and oxygen atoms in total. The molecule has 1 heterocycles. The average molecular weight is 511 g/mol. The summed E-state index contributed by atoms with van der Waals surface area (Å²) >= 11 is 7.08. The van der Waals surface area contributed by atoms with E-state index in [0.717, 1.165) is 17.7 Å². The zero-order chi connectivity index (χ0) is 24.9. The van der Waals surface area contributed by atoms with Gasteiger partial charge in [0.1, 0.15) is 5.01 Å². The maximum Gasteiger partial charge on any atom is 0.416 e. The molecule has 0 radical (unpaired) electrons. The van der Waals surface area contributed by atoms with Gasteiger partial charge in [0.15, 0.2) is 0 Å². The highest BCUT2D eigenvalue weighted by Crippen LogP contribution is 2.30. The van der Waals surface area contributed by atoms with Crippen LogP contribution in [0.15, 0.2) is 48.5 Å². The molecule has 2 aromatic carbocycles. The lowest BCUT2D eigenvalue weighted by atomic mass is 10.1. The summed E-state index contributed by atoms with van der Waals surface area (Å²) in [5.74, 6) is -0.946. The lowest BCUT2D eigenvalue weighted by Crippen LogP contribution is -2.40. The number of halogens is 4. The van der Waals surface area contributed by atoms with Crippen LogP contribution in [0.5, 0.6) is 0 Å². The molecule has 3 aromatic rings. The van der Waals surface area contributed by atoms with Gasteiger partial charge in [0, 0.05) is 35.2 Å². The van der Waals surface area contributed by atoms with E-state index in [2.05, 4.69) is 15.5 Å². The SMILES string of the molecule is CCC(C)N(CCC(=O)Nc1nnc(-c2ccc(Cl)cc2)s1)C(=O)c1cccc(C(F)(F)F)c1. The van der Waals surface area contributed by atoms with E-state index in [1.54, 1.807) is 31.2 Å². The van der Waals surface area contributed by atoms with Crippen LogP contribution in [-0.4, -0.2) is 39.5 Å². The van der Waals surface area contributed by atoms with Gasteiger partial charge in [-0.05, 0) is 43.7 Å². The van der Waals surface area contributed by atoms with Crippen LogP contribution in [0.3, 0.4) is 0 Å². The van der Waals surface area contributed by atoms with Gasteiger partial charge in [-0.1, -0.05) is 48.1 Å². The highest BCUT2D eigenvalue weighted by atomic mass is 35.5. The van der Waals surface area contributed by atoms with Crippen LogP contribution in [0.2, 0.25) is 5.02 Å². The van der Waals surface area contributed by atoms with Crippen LogP contribution < -0.4 is 5.32 Å². The Labute approximate surface area is 203 Å². The van der Waals surface area contributed by atoms with Crippen molar-refractivity contribution in [3.63, 3.8) is 0 Å². The van der Waals surface area contributed by atoms with Gasteiger partial charge < -0.3 is 10.2 Å². The number of carbonyl (C=O) groups is 2. The molecule has 11 heteroatoms. The summed E-state index contributed by atoms with van der Waals surface area (Å²) in [7, 11) is 0. The molecule has 0 saturated heterocycles. The molecule has 1 unspecified atom stereocenters. The van der Waals surface area contributed by atoms with E-state index < -0.39 is 17.6 Å². The number of hydrogen-bond acceptors (Lipinski definition) is 5. The number of amides is 2. The standard InChI is InChI=1S/C23H22ClF3N4O2S/c1-3-14(2)31(21(33)16-5-4-6-17(13-16)23(25,26)27)12-11-19(32)28-22-30-29-20(34-22)15-7-9-18(24)10-8-15/h4-10,13-14H,3,11-12H2,1-2H3,(H,28,30,32). The normalized spacial score (nSPS) is 12.3. The largest absolute Gasteiger partial charge is 0.416 e. The molecule has 0 aliphatic heterocycles. The third-order valence-electron chi connectivity index (χ3n) is 5.16. The number of aromatic nitrogens is 2. The van der Waals surface area contributed by atoms with Crippen molar-refractivity contribution in [3.8, 4) is 10.6 Å². The molecule has 0 bridgehead atoms. The molecule has 0 spiro atoms. The molecule has 0 saturated carbocycles. The second-order valence-electron chi connectivity index (χ2n) is 7.55. The van der Waals surface area contributed by atoms with Crippen LogP contribution in [0, 0.1) is 0 Å². The number of anilines is 1. The smallest absolute Gasteiger partial charge is 0.335 e. The predicted octanol–water partition coefficient (Wildman–Crippen LogP) is 6.15. The van der Waals surface area contributed by atoms with E-state index >= 15 is 0 Å². The Morgan fingerprint density at radius 3 is 2.50 bits per heavy atom. The first-order chi connectivity index (χ1) is 16.1. The Balaban J connectivity index is 1.66. The van der Waals surface area contributed by atoms with Gasteiger partial charge in [-0.3, -0.25) is 9.59 Å². The van der Waals surface area contributed by atoms with E-state index in [0.29, 0.717) is 21.6 Å².